The third-order valence-electron chi connectivity index (χ3n) is 3.32. The Morgan fingerprint density at radius 1 is 1.19 bits per heavy atom. The molecule has 0 unspecified atom stereocenters. The number of amidine groups is 1. The lowest BCUT2D eigenvalue weighted by Gasteiger charge is -2.20. The van der Waals surface area contributed by atoms with Gasteiger partial charge in [-0.05, 0) is 32.1 Å². The molecule has 1 aliphatic rings. The molecule has 3 heteroatoms. The van der Waals surface area contributed by atoms with Crippen LogP contribution in [0.2, 0.25) is 0 Å². The number of hydrogen-bond donors (Lipinski definition) is 1. The third kappa shape index (κ3) is 5.50. The van der Waals surface area contributed by atoms with Gasteiger partial charge < -0.3 is 10.5 Å². The molecule has 1 fully saturated rings. The summed E-state index contributed by atoms with van der Waals surface area (Å²) >= 11 is 0. The number of methoxy groups -OCH3 is 1. The highest BCUT2D eigenvalue weighted by Gasteiger charge is 2.16. The van der Waals surface area contributed by atoms with Gasteiger partial charge in [0.25, 0.3) is 0 Å². The summed E-state index contributed by atoms with van der Waals surface area (Å²) in [5.41, 5.74) is 6.01. The zero-order chi connectivity index (χ0) is 11.6. The minimum Gasteiger partial charge on any atom is -0.387 e. The molecule has 1 saturated carbocycles. The Morgan fingerprint density at radius 2 is 1.94 bits per heavy atom. The Labute approximate surface area is 99.5 Å². The largest absolute Gasteiger partial charge is 0.387 e. The number of nitrogens with two attached hydrogens (primary N) is 1. The summed E-state index contributed by atoms with van der Waals surface area (Å²) in [5.74, 6) is 1.49. The van der Waals surface area contributed by atoms with Crippen LogP contribution in [-0.2, 0) is 4.74 Å². The average molecular weight is 226 g/mol. The third-order valence-corrected chi connectivity index (χ3v) is 3.32. The van der Waals surface area contributed by atoms with Gasteiger partial charge in [-0.3, -0.25) is 4.99 Å². The molecule has 0 bridgehead atoms. The molecule has 16 heavy (non-hydrogen) atoms. The lowest BCUT2D eigenvalue weighted by molar-refractivity contribution is 0.192. The fraction of sp³-hybridized carbons (Fsp3) is 0.923. The van der Waals surface area contributed by atoms with E-state index in [0.717, 1.165) is 31.8 Å². The summed E-state index contributed by atoms with van der Waals surface area (Å²) in [6.45, 7) is 1.76. The normalized spacial score (nSPS) is 18.9. The lowest BCUT2D eigenvalue weighted by Crippen LogP contribution is -2.26. The van der Waals surface area contributed by atoms with Gasteiger partial charge in [0.2, 0.25) is 0 Å². The van der Waals surface area contributed by atoms with E-state index in [0.29, 0.717) is 5.92 Å². The Kier molecular flexibility index (Phi) is 7.23. The van der Waals surface area contributed by atoms with E-state index < -0.39 is 0 Å². The highest BCUT2D eigenvalue weighted by molar-refractivity contribution is 5.82. The maximum atomic E-state index is 6.01. The molecular weight excluding hydrogens is 200 g/mol. The predicted octanol–water partition coefficient (Wildman–Crippen LogP) is 2.74. The van der Waals surface area contributed by atoms with Crippen molar-refractivity contribution in [3.8, 4) is 0 Å². The number of unbranched alkanes of at least 4 members (excludes halogenated alkanes) is 2. The Bertz CT molecular complexity index is 198. The van der Waals surface area contributed by atoms with Crippen LogP contribution < -0.4 is 5.73 Å². The van der Waals surface area contributed by atoms with Gasteiger partial charge in [-0.2, -0.15) is 0 Å². The van der Waals surface area contributed by atoms with Gasteiger partial charge in [0.05, 0.1) is 5.84 Å². The fourth-order valence-electron chi connectivity index (χ4n) is 2.27. The number of nitrogens with zero attached hydrogens (tertiary/aromatic N) is 1. The molecule has 0 aromatic rings. The summed E-state index contributed by atoms with van der Waals surface area (Å²) in [5, 5.41) is 0. The van der Waals surface area contributed by atoms with Crippen molar-refractivity contribution < 1.29 is 4.74 Å². The smallest absolute Gasteiger partial charge is 0.0968 e. The van der Waals surface area contributed by atoms with Crippen molar-refractivity contribution >= 4 is 5.84 Å². The molecule has 0 amide bonds. The van der Waals surface area contributed by atoms with Crippen molar-refractivity contribution in [2.24, 2.45) is 16.6 Å². The molecule has 0 aromatic carbocycles. The molecule has 3 nitrogen and oxygen atoms in total. The maximum absolute atomic E-state index is 6.01. The van der Waals surface area contributed by atoms with Gasteiger partial charge >= 0.3 is 0 Å². The van der Waals surface area contributed by atoms with Crippen LogP contribution in [0, 0.1) is 5.92 Å². The minimum absolute atomic E-state index is 0.577. The molecule has 94 valence electrons. The van der Waals surface area contributed by atoms with E-state index in [1.54, 1.807) is 7.11 Å². The first-order chi connectivity index (χ1) is 7.84. The average Bonchev–Trinajstić information content (AvgIpc) is 2.34. The molecule has 1 aliphatic carbocycles. The molecule has 0 atom stereocenters. The molecule has 2 N–H and O–H groups in total. The minimum atomic E-state index is 0.577. The van der Waals surface area contributed by atoms with E-state index in [1.165, 1.54) is 38.5 Å². The van der Waals surface area contributed by atoms with E-state index in [9.17, 15) is 0 Å². The van der Waals surface area contributed by atoms with Crippen LogP contribution in [0.5, 0.6) is 0 Å². The molecular formula is C13H26N2O. The van der Waals surface area contributed by atoms with Crippen LogP contribution in [0.4, 0.5) is 0 Å². The standard InChI is InChI=1S/C13H26N2O/c1-16-11-7-3-6-10-15-13(14)12-8-4-2-5-9-12/h12H,2-11H2,1H3,(H2,14,15). The topological polar surface area (TPSA) is 47.6 Å². The van der Waals surface area contributed by atoms with Crippen LogP contribution in [0.25, 0.3) is 0 Å². The first-order valence-corrected chi connectivity index (χ1v) is 6.63. The zero-order valence-corrected chi connectivity index (χ0v) is 10.6. The number of aliphatic imine (C=N–C) groups is 1. The Balaban J connectivity index is 2.07. The van der Waals surface area contributed by atoms with Gasteiger partial charge in [-0.1, -0.05) is 19.3 Å². The Morgan fingerprint density at radius 3 is 2.62 bits per heavy atom. The van der Waals surface area contributed by atoms with Crippen molar-refractivity contribution in [1.29, 1.82) is 0 Å². The summed E-state index contributed by atoms with van der Waals surface area (Å²) in [7, 11) is 1.75. The van der Waals surface area contributed by atoms with Crippen LogP contribution in [-0.4, -0.2) is 26.1 Å². The summed E-state index contributed by atoms with van der Waals surface area (Å²) in [6.07, 6.45) is 9.99. The summed E-state index contributed by atoms with van der Waals surface area (Å²) < 4.78 is 5.00. The van der Waals surface area contributed by atoms with Crippen molar-refractivity contribution in [2.75, 3.05) is 20.3 Å². The van der Waals surface area contributed by atoms with E-state index >= 15 is 0 Å². The van der Waals surface area contributed by atoms with Gasteiger partial charge in [-0.15, -0.1) is 0 Å². The first kappa shape index (κ1) is 13.5. The van der Waals surface area contributed by atoms with Crippen LogP contribution in [0.15, 0.2) is 4.99 Å². The molecule has 0 heterocycles. The van der Waals surface area contributed by atoms with Crippen molar-refractivity contribution in [3.63, 3.8) is 0 Å². The maximum Gasteiger partial charge on any atom is 0.0968 e. The van der Waals surface area contributed by atoms with Crippen LogP contribution in [0.1, 0.15) is 51.4 Å². The number of hydrogen-bond acceptors (Lipinski definition) is 2. The first-order valence-electron chi connectivity index (χ1n) is 6.63. The van der Waals surface area contributed by atoms with Crippen molar-refractivity contribution in [2.45, 2.75) is 51.4 Å². The second-order valence-corrected chi connectivity index (χ2v) is 4.69. The van der Waals surface area contributed by atoms with Crippen LogP contribution >= 0.6 is 0 Å². The Hall–Kier alpha value is -0.570. The highest BCUT2D eigenvalue weighted by Crippen LogP contribution is 2.23. The lowest BCUT2D eigenvalue weighted by atomic mass is 9.88. The van der Waals surface area contributed by atoms with Gasteiger partial charge in [0, 0.05) is 26.2 Å². The van der Waals surface area contributed by atoms with E-state index in [1.807, 2.05) is 0 Å². The van der Waals surface area contributed by atoms with Crippen molar-refractivity contribution in [1.82, 2.24) is 0 Å². The number of ether oxygens (including phenoxy) is 1. The predicted molar refractivity (Wildman–Crippen MR) is 68.8 cm³/mol. The molecule has 0 spiro atoms. The molecule has 0 saturated heterocycles. The van der Waals surface area contributed by atoms with Crippen LogP contribution in [0.3, 0.4) is 0 Å². The SMILES string of the molecule is COCCCCCN=C(N)C1CCCCC1. The zero-order valence-electron chi connectivity index (χ0n) is 10.6. The molecule has 1 rings (SSSR count). The highest BCUT2D eigenvalue weighted by atomic mass is 16.5. The van der Waals surface area contributed by atoms with E-state index in [2.05, 4.69) is 4.99 Å². The van der Waals surface area contributed by atoms with E-state index in [-0.39, 0.29) is 0 Å². The summed E-state index contributed by atoms with van der Waals surface area (Å²) in [4.78, 5) is 4.50. The van der Waals surface area contributed by atoms with E-state index in [4.69, 9.17) is 10.5 Å². The van der Waals surface area contributed by atoms with Gasteiger partial charge in [0.1, 0.15) is 0 Å². The fourth-order valence-corrected chi connectivity index (χ4v) is 2.27. The van der Waals surface area contributed by atoms with Gasteiger partial charge in [0.15, 0.2) is 0 Å². The molecule has 0 aromatic heterocycles. The number of rotatable bonds is 7. The monoisotopic (exact) mass is 226 g/mol. The van der Waals surface area contributed by atoms with Crippen molar-refractivity contribution in [3.05, 3.63) is 0 Å². The second-order valence-electron chi connectivity index (χ2n) is 4.69. The quantitative estimate of drug-likeness (QED) is 0.412. The molecule has 0 radical (unpaired) electrons. The van der Waals surface area contributed by atoms with Gasteiger partial charge in [-0.25, -0.2) is 0 Å². The summed E-state index contributed by atoms with van der Waals surface area (Å²) in [6, 6.07) is 0. The molecule has 0 aliphatic heterocycles. The second kappa shape index (κ2) is 8.57.